The average molecular weight is 285 g/mol. The summed E-state index contributed by atoms with van der Waals surface area (Å²) in [6, 6.07) is 0.243. The molecule has 1 aliphatic carbocycles. The van der Waals surface area contributed by atoms with Crippen molar-refractivity contribution in [1.29, 1.82) is 0 Å². The van der Waals surface area contributed by atoms with Gasteiger partial charge in [0.15, 0.2) is 0 Å². The molecule has 4 heteroatoms. The van der Waals surface area contributed by atoms with Gasteiger partial charge in [-0.15, -0.1) is 0 Å². The molecule has 0 bridgehead atoms. The minimum absolute atomic E-state index is 0.115. The van der Waals surface area contributed by atoms with Gasteiger partial charge in [0, 0.05) is 12.5 Å². The molecule has 0 heterocycles. The standard InChI is InChI=1S/C16H31NO3/c1-7-15(4,5)20-13-9-8-10-16(11-13,14(18)19-6)17-12(2)3/h12-13,17H,7-11H2,1-6H3. The molecule has 0 aromatic rings. The number of ether oxygens (including phenoxy) is 2. The summed E-state index contributed by atoms with van der Waals surface area (Å²) in [5.41, 5.74) is -0.725. The van der Waals surface area contributed by atoms with Crippen LogP contribution in [0.2, 0.25) is 0 Å². The zero-order valence-corrected chi connectivity index (χ0v) is 13.9. The highest BCUT2D eigenvalue weighted by Gasteiger charge is 2.45. The third-order valence-corrected chi connectivity index (χ3v) is 4.18. The Morgan fingerprint density at radius 1 is 1.45 bits per heavy atom. The lowest BCUT2D eigenvalue weighted by Crippen LogP contribution is -2.59. The van der Waals surface area contributed by atoms with Crippen LogP contribution in [0.1, 0.15) is 66.7 Å². The molecule has 1 rings (SSSR count). The van der Waals surface area contributed by atoms with Gasteiger partial charge < -0.3 is 9.47 Å². The number of methoxy groups -OCH3 is 1. The van der Waals surface area contributed by atoms with Crippen LogP contribution in [-0.2, 0) is 14.3 Å². The van der Waals surface area contributed by atoms with Crippen molar-refractivity contribution in [3.05, 3.63) is 0 Å². The Balaban J connectivity index is 2.83. The van der Waals surface area contributed by atoms with Crippen LogP contribution >= 0.6 is 0 Å². The highest BCUT2D eigenvalue weighted by atomic mass is 16.5. The first kappa shape index (κ1) is 17.4. The molecule has 118 valence electrons. The highest BCUT2D eigenvalue weighted by Crippen LogP contribution is 2.34. The first-order valence-electron chi connectivity index (χ1n) is 7.78. The molecule has 1 N–H and O–H groups in total. The Labute approximate surface area is 123 Å². The van der Waals surface area contributed by atoms with Crippen LogP contribution in [0.15, 0.2) is 0 Å². The summed E-state index contributed by atoms with van der Waals surface area (Å²) in [5, 5.41) is 3.43. The molecule has 0 saturated heterocycles. The van der Waals surface area contributed by atoms with Crippen molar-refractivity contribution in [2.75, 3.05) is 7.11 Å². The minimum atomic E-state index is -0.588. The summed E-state index contributed by atoms with van der Waals surface area (Å²) in [4.78, 5) is 12.3. The van der Waals surface area contributed by atoms with E-state index in [9.17, 15) is 4.79 Å². The largest absolute Gasteiger partial charge is 0.468 e. The fraction of sp³-hybridized carbons (Fsp3) is 0.938. The molecule has 0 amide bonds. The smallest absolute Gasteiger partial charge is 0.326 e. The molecule has 0 aromatic carbocycles. The predicted molar refractivity (Wildman–Crippen MR) is 80.7 cm³/mol. The fourth-order valence-corrected chi connectivity index (χ4v) is 2.98. The molecule has 20 heavy (non-hydrogen) atoms. The first-order chi connectivity index (χ1) is 9.24. The average Bonchev–Trinajstić information content (AvgIpc) is 2.36. The second-order valence-electron chi connectivity index (χ2n) is 6.82. The van der Waals surface area contributed by atoms with Gasteiger partial charge in [-0.05, 0) is 53.4 Å². The Morgan fingerprint density at radius 3 is 2.60 bits per heavy atom. The maximum Gasteiger partial charge on any atom is 0.326 e. The molecule has 1 saturated carbocycles. The number of hydrogen-bond donors (Lipinski definition) is 1. The van der Waals surface area contributed by atoms with Crippen LogP contribution in [0.25, 0.3) is 0 Å². The van der Waals surface area contributed by atoms with E-state index in [1.54, 1.807) is 0 Å². The van der Waals surface area contributed by atoms with Crippen molar-refractivity contribution < 1.29 is 14.3 Å². The van der Waals surface area contributed by atoms with Gasteiger partial charge in [0.05, 0.1) is 18.8 Å². The lowest BCUT2D eigenvalue weighted by Gasteiger charge is -2.42. The Hall–Kier alpha value is -0.610. The van der Waals surface area contributed by atoms with E-state index >= 15 is 0 Å². The molecule has 2 unspecified atom stereocenters. The van der Waals surface area contributed by atoms with E-state index < -0.39 is 5.54 Å². The quantitative estimate of drug-likeness (QED) is 0.762. The van der Waals surface area contributed by atoms with E-state index in [-0.39, 0.29) is 23.7 Å². The van der Waals surface area contributed by atoms with Gasteiger partial charge in [0.1, 0.15) is 5.54 Å². The Morgan fingerprint density at radius 2 is 2.10 bits per heavy atom. The fourth-order valence-electron chi connectivity index (χ4n) is 2.98. The van der Waals surface area contributed by atoms with Crippen molar-refractivity contribution in [3.8, 4) is 0 Å². The molecular formula is C16H31NO3. The molecule has 1 aliphatic rings. The van der Waals surface area contributed by atoms with E-state index in [0.717, 1.165) is 25.7 Å². The van der Waals surface area contributed by atoms with Crippen molar-refractivity contribution in [3.63, 3.8) is 0 Å². The minimum Gasteiger partial charge on any atom is -0.468 e. The number of carbonyl (C=O) groups excluding carboxylic acids is 1. The molecular weight excluding hydrogens is 254 g/mol. The van der Waals surface area contributed by atoms with Crippen LogP contribution in [0.4, 0.5) is 0 Å². The zero-order chi connectivity index (χ0) is 15.4. The maximum atomic E-state index is 12.3. The summed E-state index contributed by atoms with van der Waals surface area (Å²) >= 11 is 0. The molecule has 1 fully saturated rings. The van der Waals surface area contributed by atoms with Crippen LogP contribution in [-0.4, -0.2) is 36.4 Å². The summed E-state index contributed by atoms with van der Waals surface area (Å²) in [5.74, 6) is -0.159. The van der Waals surface area contributed by atoms with Crippen molar-refractivity contribution >= 4 is 5.97 Å². The Kier molecular flexibility index (Phi) is 6.02. The van der Waals surface area contributed by atoms with Gasteiger partial charge >= 0.3 is 5.97 Å². The van der Waals surface area contributed by atoms with Gasteiger partial charge in [0.2, 0.25) is 0 Å². The zero-order valence-electron chi connectivity index (χ0n) is 13.9. The van der Waals surface area contributed by atoms with Gasteiger partial charge in [-0.3, -0.25) is 10.1 Å². The summed E-state index contributed by atoms with van der Waals surface area (Å²) in [6.07, 6.45) is 4.60. The molecule has 0 spiro atoms. The summed E-state index contributed by atoms with van der Waals surface area (Å²) in [6.45, 7) is 10.5. The van der Waals surface area contributed by atoms with Crippen LogP contribution in [0, 0.1) is 0 Å². The van der Waals surface area contributed by atoms with E-state index in [2.05, 4.69) is 39.9 Å². The number of carbonyl (C=O) groups is 1. The molecule has 2 atom stereocenters. The van der Waals surface area contributed by atoms with Crippen LogP contribution < -0.4 is 5.32 Å². The molecule has 0 radical (unpaired) electrons. The van der Waals surface area contributed by atoms with Gasteiger partial charge in [-0.25, -0.2) is 0 Å². The van der Waals surface area contributed by atoms with Gasteiger partial charge in [-0.1, -0.05) is 6.92 Å². The maximum absolute atomic E-state index is 12.3. The number of nitrogens with one attached hydrogen (secondary N) is 1. The normalized spacial score (nSPS) is 27.6. The summed E-state index contributed by atoms with van der Waals surface area (Å²) < 4.78 is 11.3. The second-order valence-corrected chi connectivity index (χ2v) is 6.82. The van der Waals surface area contributed by atoms with E-state index in [0.29, 0.717) is 6.42 Å². The SMILES string of the molecule is CCC(C)(C)OC1CCCC(NC(C)C)(C(=O)OC)C1. The number of esters is 1. The third kappa shape index (κ3) is 4.45. The van der Waals surface area contributed by atoms with E-state index in [1.807, 2.05) is 0 Å². The highest BCUT2D eigenvalue weighted by molar-refractivity contribution is 5.81. The number of rotatable bonds is 6. The predicted octanol–water partition coefficient (Wildman–Crippen LogP) is 3.04. The monoisotopic (exact) mass is 285 g/mol. The van der Waals surface area contributed by atoms with Crippen LogP contribution in [0.3, 0.4) is 0 Å². The molecule has 4 nitrogen and oxygen atoms in total. The van der Waals surface area contributed by atoms with Gasteiger partial charge in [-0.2, -0.15) is 0 Å². The van der Waals surface area contributed by atoms with Crippen molar-refractivity contribution in [1.82, 2.24) is 5.32 Å². The van der Waals surface area contributed by atoms with Crippen LogP contribution in [0.5, 0.6) is 0 Å². The molecule has 0 aromatic heterocycles. The topological polar surface area (TPSA) is 47.6 Å². The van der Waals surface area contributed by atoms with Crippen molar-refractivity contribution in [2.24, 2.45) is 0 Å². The second kappa shape index (κ2) is 6.90. The van der Waals surface area contributed by atoms with Gasteiger partial charge in [0.25, 0.3) is 0 Å². The lowest BCUT2D eigenvalue weighted by molar-refractivity contribution is -0.157. The molecule has 0 aliphatic heterocycles. The van der Waals surface area contributed by atoms with E-state index in [1.165, 1.54) is 7.11 Å². The Bertz CT molecular complexity index is 328. The van der Waals surface area contributed by atoms with Crippen molar-refractivity contribution in [2.45, 2.75) is 90.0 Å². The van der Waals surface area contributed by atoms with E-state index in [4.69, 9.17) is 9.47 Å². The first-order valence-corrected chi connectivity index (χ1v) is 7.78. The lowest BCUT2D eigenvalue weighted by atomic mass is 9.79. The number of hydrogen-bond acceptors (Lipinski definition) is 4. The third-order valence-electron chi connectivity index (χ3n) is 4.18. The summed E-state index contributed by atoms with van der Waals surface area (Å²) in [7, 11) is 1.46.